The van der Waals surface area contributed by atoms with Crippen molar-refractivity contribution in [1.82, 2.24) is 19.7 Å². The average Bonchev–Trinajstić information content (AvgIpc) is 3.44. The smallest absolute Gasteiger partial charge is 0.319 e. The van der Waals surface area contributed by atoms with Gasteiger partial charge in [0.05, 0.1) is 12.2 Å². The number of rotatable bonds is 7. The second kappa shape index (κ2) is 9.37. The van der Waals surface area contributed by atoms with E-state index in [0.29, 0.717) is 24.6 Å². The molecule has 30 heavy (non-hydrogen) atoms. The molecule has 4 aromatic rings. The summed E-state index contributed by atoms with van der Waals surface area (Å²) in [7, 11) is 0. The molecule has 0 bridgehead atoms. The van der Waals surface area contributed by atoms with Crippen molar-refractivity contribution >= 4 is 23.1 Å². The Morgan fingerprint density at radius 1 is 1.07 bits per heavy atom. The number of amides is 2. The first kappa shape index (κ1) is 19.8. The molecule has 2 amide bonds. The van der Waals surface area contributed by atoms with Crippen LogP contribution in [0.3, 0.4) is 0 Å². The van der Waals surface area contributed by atoms with Crippen molar-refractivity contribution in [2.24, 2.45) is 0 Å². The molecule has 0 saturated carbocycles. The highest BCUT2D eigenvalue weighted by Crippen LogP contribution is 2.20. The number of anilines is 1. The maximum absolute atomic E-state index is 13.2. The summed E-state index contributed by atoms with van der Waals surface area (Å²) in [6, 6.07) is 19.7. The number of aryl methyl sites for hydroxylation is 1. The van der Waals surface area contributed by atoms with Gasteiger partial charge in [0.2, 0.25) is 0 Å². The molecular weight excluding hydrogens is 394 g/mol. The van der Waals surface area contributed by atoms with Gasteiger partial charge < -0.3 is 10.2 Å². The predicted octanol–water partition coefficient (Wildman–Crippen LogP) is 4.91. The molecular formula is C23H23N5OS. The molecule has 0 fully saturated rings. The van der Waals surface area contributed by atoms with Crippen molar-refractivity contribution in [3.63, 3.8) is 0 Å². The molecule has 152 valence electrons. The number of nitrogens with zero attached hydrogens (tertiary/aromatic N) is 4. The lowest BCUT2D eigenvalue weighted by molar-refractivity contribution is 0.210. The lowest BCUT2D eigenvalue weighted by atomic mass is 10.1. The van der Waals surface area contributed by atoms with Gasteiger partial charge in [0, 0.05) is 34.9 Å². The molecule has 3 aromatic heterocycles. The van der Waals surface area contributed by atoms with Crippen molar-refractivity contribution in [3.05, 3.63) is 94.6 Å². The third-order valence-corrected chi connectivity index (χ3v) is 5.68. The van der Waals surface area contributed by atoms with E-state index >= 15 is 0 Å². The van der Waals surface area contributed by atoms with Crippen molar-refractivity contribution in [3.8, 4) is 5.82 Å². The zero-order valence-corrected chi connectivity index (χ0v) is 17.5. The maximum Gasteiger partial charge on any atom is 0.322 e. The van der Waals surface area contributed by atoms with E-state index in [-0.39, 0.29) is 6.03 Å². The lowest BCUT2D eigenvalue weighted by Crippen LogP contribution is -2.36. The minimum absolute atomic E-state index is 0.154. The summed E-state index contributed by atoms with van der Waals surface area (Å²) in [6.07, 6.45) is 5.97. The van der Waals surface area contributed by atoms with Gasteiger partial charge in [-0.2, -0.15) is 5.10 Å². The molecule has 0 aliphatic heterocycles. The first-order valence-corrected chi connectivity index (χ1v) is 10.6. The molecule has 6 nitrogen and oxygen atoms in total. The molecule has 0 aliphatic carbocycles. The largest absolute Gasteiger partial charge is 0.322 e. The van der Waals surface area contributed by atoms with E-state index in [0.717, 1.165) is 11.3 Å². The van der Waals surface area contributed by atoms with E-state index in [1.165, 1.54) is 10.4 Å². The van der Waals surface area contributed by atoms with Gasteiger partial charge in [-0.3, -0.25) is 0 Å². The average molecular weight is 418 g/mol. The quantitative estimate of drug-likeness (QED) is 0.464. The molecule has 1 N–H and O–H groups in total. The van der Waals surface area contributed by atoms with Gasteiger partial charge in [0.15, 0.2) is 5.82 Å². The highest BCUT2D eigenvalue weighted by molar-refractivity contribution is 7.11. The summed E-state index contributed by atoms with van der Waals surface area (Å²) in [5.74, 6) is 0.589. The van der Waals surface area contributed by atoms with Crippen LogP contribution in [-0.4, -0.2) is 32.2 Å². The zero-order valence-electron chi connectivity index (χ0n) is 16.7. The van der Waals surface area contributed by atoms with Gasteiger partial charge in [-0.25, -0.2) is 14.5 Å². The molecule has 4 rings (SSSR count). The number of nitrogens with one attached hydrogen (secondary N) is 1. The van der Waals surface area contributed by atoms with Gasteiger partial charge in [0.25, 0.3) is 0 Å². The van der Waals surface area contributed by atoms with Crippen molar-refractivity contribution < 1.29 is 4.79 Å². The number of carbonyl (C=O) groups excluding carboxylic acids is 1. The number of thiophene rings is 1. The van der Waals surface area contributed by atoms with Crippen LogP contribution in [0.4, 0.5) is 10.5 Å². The van der Waals surface area contributed by atoms with Crippen molar-refractivity contribution in [2.45, 2.75) is 19.9 Å². The molecule has 7 heteroatoms. The number of urea groups is 1. The van der Waals surface area contributed by atoms with Crippen LogP contribution in [0.2, 0.25) is 0 Å². The van der Waals surface area contributed by atoms with Crippen LogP contribution in [0, 0.1) is 6.92 Å². The molecule has 0 spiro atoms. The van der Waals surface area contributed by atoms with Crippen LogP contribution in [-0.2, 0) is 13.0 Å². The molecule has 0 saturated heterocycles. The van der Waals surface area contributed by atoms with Gasteiger partial charge in [0.1, 0.15) is 0 Å². The third kappa shape index (κ3) is 4.93. The fourth-order valence-corrected chi connectivity index (χ4v) is 4.09. The number of hydrogen-bond acceptors (Lipinski definition) is 4. The fraction of sp³-hybridized carbons (Fsp3) is 0.174. The van der Waals surface area contributed by atoms with Crippen LogP contribution in [0.25, 0.3) is 5.82 Å². The highest BCUT2D eigenvalue weighted by Gasteiger charge is 2.17. The third-order valence-electron chi connectivity index (χ3n) is 4.69. The van der Waals surface area contributed by atoms with Gasteiger partial charge in [-0.05, 0) is 49.2 Å². The Hall–Kier alpha value is -3.45. The van der Waals surface area contributed by atoms with E-state index in [1.54, 1.807) is 40.7 Å². The van der Waals surface area contributed by atoms with E-state index in [1.807, 2.05) is 35.2 Å². The van der Waals surface area contributed by atoms with Gasteiger partial charge in [-0.1, -0.05) is 30.3 Å². The zero-order chi connectivity index (χ0) is 20.8. The van der Waals surface area contributed by atoms with Gasteiger partial charge in [-0.15, -0.1) is 11.3 Å². The normalized spacial score (nSPS) is 10.7. The summed E-state index contributed by atoms with van der Waals surface area (Å²) < 4.78 is 1.65. The van der Waals surface area contributed by atoms with Crippen molar-refractivity contribution in [2.75, 3.05) is 11.9 Å². The highest BCUT2D eigenvalue weighted by atomic mass is 32.1. The minimum atomic E-state index is -0.154. The monoisotopic (exact) mass is 417 g/mol. The van der Waals surface area contributed by atoms with Crippen molar-refractivity contribution in [1.29, 1.82) is 0 Å². The molecule has 3 heterocycles. The van der Waals surface area contributed by atoms with Gasteiger partial charge >= 0.3 is 6.03 Å². The van der Waals surface area contributed by atoms with E-state index < -0.39 is 0 Å². The van der Waals surface area contributed by atoms with Crippen LogP contribution in [0.15, 0.2) is 79.3 Å². The number of hydrogen-bond donors (Lipinski definition) is 1. The Morgan fingerprint density at radius 3 is 2.67 bits per heavy atom. The number of carbonyl (C=O) groups is 1. The second-order valence-corrected chi connectivity index (χ2v) is 8.30. The standard InChI is InChI=1S/C23H23N5OS/c1-18-10-11-20(30-18)17-27(16-12-19-7-3-2-4-8-19)23(29)26-21-9-5-13-24-22(21)28-15-6-14-25-28/h2-11,13-15H,12,16-17H2,1H3,(H,26,29). The Balaban J connectivity index is 1.53. The summed E-state index contributed by atoms with van der Waals surface area (Å²) >= 11 is 1.71. The molecule has 0 aliphatic rings. The molecule has 0 atom stereocenters. The van der Waals surface area contributed by atoms with Crippen LogP contribution >= 0.6 is 11.3 Å². The summed E-state index contributed by atoms with van der Waals surface area (Å²) in [5.41, 5.74) is 1.83. The Bertz CT molecular complexity index is 1090. The second-order valence-electron chi connectivity index (χ2n) is 6.92. The Kier molecular flexibility index (Phi) is 6.20. The lowest BCUT2D eigenvalue weighted by Gasteiger charge is -2.23. The van der Waals surface area contributed by atoms with Crippen LogP contribution < -0.4 is 5.32 Å². The van der Waals surface area contributed by atoms with E-state index in [9.17, 15) is 4.79 Å². The molecule has 1 aromatic carbocycles. The Morgan fingerprint density at radius 2 is 1.93 bits per heavy atom. The predicted molar refractivity (Wildman–Crippen MR) is 120 cm³/mol. The SMILES string of the molecule is Cc1ccc(CN(CCc2ccccc2)C(=O)Nc2cccnc2-n2cccn2)s1. The maximum atomic E-state index is 13.2. The van der Waals surface area contributed by atoms with Crippen LogP contribution in [0.5, 0.6) is 0 Å². The number of pyridine rings is 1. The number of aromatic nitrogens is 3. The first-order chi connectivity index (χ1) is 14.7. The minimum Gasteiger partial charge on any atom is -0.319 e. The number of benzene rings is 1. The molecule has 0 unspecified atom stereocenters. The summed E-state index contributed by atoms with van der Waals surface area (Å²) in [6.45, 7) is 3.26. The summed E-state index contributed by atoms with van der Waals surface area (Å²) in [5, 5.41) is 7.27. The van der Waals surface area contributed by atoms with E-state index in [4.69, 9.17) is 0 Å². The summed E-state index contributed by atoms with van der Waals surface area (Å²) in [4.78, 5) is 21.9. The fourth-order valence-electron chi connectivity index (χ4n) is 3.18. The topological polar surface area (TPSA) is 63.1 Å². The molecule has 0 radical (unpaired) electrons. The Labute approximate surface area is 179 Å². The van der Waals surface area contributed by atoms with E-state index in [2.05, 4.69) is 46.6 Å². The van der Waals surface area contributed by atoms with Crippen LogP contribution in [0.1, 0.15) is 15.3 Å². The first-order valence-electron chi connectivity index (χ1n) is 9.79.